The summed E-state index contributed by atoms with van der Waals surface area (Å²) in [7, 11) is 1.63. The van der Waals surface area contributed by atoms with Crippen molar-refractivity contribution in [3.05, 3.63) is 60.2 Å². The summed E-state index contributed by atoms with van der Waals surface area (Å²) >= 11 is 1.49. The van der Waals surface area contributed by atoms with Crippen molar-refractivity contribution in [2.75, 3.05) is 19.5 Å². The van der Waals surface area contributed by atoms with E-state index in [9.17, 15) is 4.79 Å². The Kier molecular flexibility index (Phi) is 6.15. The highest BCUT2D eigenvalue weighted by Gasteiger charge is 2.17. The summed E-state index contributed by atoms with van der Waals surface area (Å²) < 4.78 is 10.7. The lowest BCUT2D eigenvalue weighted by atomic mass is 10.1. The number of amides is 1. The van der Waals surface area contributed by atoms with Gasteiger partial charge in [0, 0.05) is 5.75 Å². The molecule has 0 heterocycles. The molecule has 0 unspecified atom stereocenters. The lowest BCUT2D eigenvalue weighted by Crippen LogP contribution is -2.20. The molecule has 0 aliphatic heterocycles. The Bertz CT molecular complexity index is 587. The van der Waals surface area contributed by atoms with E-state index in [1.807, 2.05) is 54.6 Å². The van der Waals surface area contributed by atoms with Gasteiger partial charge in [0.05, 0.1) is 13.7 Å². The first kappa shape index (κ1) is 16.2. The van der Waals surface area contributed by atoms with Gasteiger partial charge in [-0.2, -0.15) is 0 Å². The molecule has 2 N–H and O–H groups in total. The molecule has 0 fully saturated rings. The topological polar surface area (TPSA) is 61.6 Å². The average molecular weight is 317 g/mol. The molecular formula is C17H19NO3S. The van der Waals surface area contributed by atoms with Crippen molar-refractivity contribution < 1.29 is 14.3 Å². The van der Waals surface area contributed by atoms with Crippen molar-refractivity contribution in [3.8, 4) is 11.5 Å². The molecule has 5 heteroatoms. The minimum Gasteiger partial charge on any atom is -0.497 e. The first-order valence-corrected chi connectivity index (χ1v) is 7.98. The Labute approximate surface area is 134 Å². The van der Waals surface area contributed by atoms with Gasteiger partial charge in [0.2, 0.25) is 5.91 Å². The van der Waals surface area contributed by atoms with Crippen LogP contribution in [0.2, 0.25) is 0 Å². The SMILES string of the molecule is COc1ccc(OCCS[C@H](C(N)=O)c2ccccc2)cc1. The Morgan fingerprint density at radius 1 is 1.09 bits per heavy atom. The van der Waals surface area contributed by atoms with E-state index >= 15 is 0 Å². The van der Waals surface area contributed by atoms with E-state index < -0.39 is 0 Å². The molecule has 0 radical (unpaired) electrons. The summed E-state index contributed by atoms with van der Waals surface area (Å²) in [6.45, 7) is 0.508. The van der Waals surface area contributed by atoms with Crippen molar-refractivity contribution in [3.63, 3.8) is 0 Å². The minimum atomic E-state index is -0.347. The number of hydrogen-bond donors (Lipinski definition) is 1. The highest BCUT2D eigenvalue weighted by molar-refractivity contribution is 8.00. The van der Waals surface area contributed by atoms with Gasteiger partial charge in [-0.3, -0.25) is 4.79 Å². The maximum atomic E-state index is 11.6. The predicted octanol–water partition coefficient (Wildman–Crippen LogP) is 3.03. The maximum absolute atomic E-state index is 11.6. The second kappa shape index (κ2) is 8.34. The largest absolute Gasteiger partial charge is 0.497 e. The van der Waals surface area contributed by atoms with Crippen molar-refractivity contribution in [2.24, 2.45) is 5.73 Å². The number of primary amides is 1. The lowest BCUT2D eigenvalue weighted by Gasteiger charge is -2.14. The van der Waals surface area contributed by atoms with Gasteiger partial charge in [-0.25, -0.2) is 0 Å². The number of methoxy groups -OCH3 is 1. The summed E-state index contributed by atoms with van der Waals surface area (Å²) in [5, 5.41) is -0.347. The van der Waals surface area contributed by atoms with Crippen LogP contribution in [-0.2, 0) is 4.79 Å². The molecule has 22 heavy (non-hydrogen) atoms. The standard InChI is InChI=1S/C17H19NO3S/c1-20-14-7-9-15(10-8-14)21-11-12-22-16(17(18)19)13-5-3-2-4-6-13/h2-10,16H,11-12H2,1H3,(H2,18,19)/t16-/m0/s1. The van der Waals surface area contributed by atoms with Crippen LogP contribution in [0.3, 0.4) is 0 Å². The first-order valence-electron chi connectivity index (χ1n) is 6.93. The molecule has 1 amide bonds. The van der Waals surface area contributed by atoms with Crippen LogP contribution in [0.1, 0.15) is 10.8 Å². The van der Waals surface area contributed by atoms with Crippen molar-refractivity contribution in [2.45, 2.75) is 5.25 Å². The number of benzene rings is 2. The molecule has 2 aromatic carbocycles. The van der Waals surface area contributed by atoms with Gasteiger partial charge in [-0.05, 0) is 29.8 Å². The van der Waals surface area contributed by atoms with Crippen LogP contribution in [0.4, 0.5) is 0 Å². The van der Waals surface area contributed by atoms with E-state index in [2.05, 4.69) is 0 Å². The van der Waals surface area contributed by atoms with E-state index in [-0.39, 0.29) is 11.2 Å². The Morgan fingerprint density at radius 2 is 1.73 bits per heavy atom. The molecule has 4 nitrogen and oxygen atoms in total. The van der Waals surface area contributed by atoms with Gasteiger partial charge in [0.1, 0.15) is 16.7 Å². The number of nitrogens with two attached hydrogens (primary N) is 1. The summed E-state index contributed by atoms with van der Waals surface area (Å²) in [6, 6.07) is 16.9. The summed E-state index contributed by atoms with van der Waals surface area (Å²) in [5.41, 5.74) is 6.40. The number of ether oxygens (including phenoxy) is 2. The van der Waals surface area contributed by atoms with Gasteiger partial charge < -0.3 is 15.2 Å². The Morgan fingerprint density at radius 3 is 2.32 bits per heavy atom. The summed E-state index contributed by atoms with van der Waals surface area (Å²) in [6.07, 6.45) is 0. The second-order valence-electron chi connectivity index (χ2n) is 4.59. The molecule has 0 aliphatic rings. The average Bonchev–Trinajstić information content (AvgIpc) is 2.56. The third-order valence-electron chi connectivity index (χ3n) is 3.06. The molecule has 1 atom stereocenters. The van der Waals surface area contributed by atoms with Crippen LogP contribution in [0.15, 0.2) is 54.6 Å². The molecule has 0 aliphatic carbocycles. The maximum Gasteiger partial charge on any atom is 0.235 e. The molecule has 0 aromatic heterocycles. The normalized spacial score (nSPS) is 11.7. The zero-order valence-electron chi connectivity index (χ0n) is 12.4. The highest BCUT2D eigenvalue weighted by Crippen LogP contribution is 2.28. The van der Waals surface area contributed by atoms with Crippen LogP contribution in [0.25, 0.3) is 0 Å². The molecule has 0 saturated heterocycles. The molecule has 0 bridgehead atoms. The van der Waals surface area contributed by atoms with Crippen LogP contribution in [0, 0.1) is 0 Å². The van der Waals surface area contributed by atoms with E-state index in [1.54, 1.807) is 7.11 Å². The highest BCUT2D eigenvalue weighted by atomic mass is 32.2. The van der Waals surface area contributed by atoms with E-state index in [0.29, 0.717) is 12.4 Å². The fourth-order valence-electron chi connectivity index (χ4n) is 1.97. The zero-order valence-corrected chi connectivity index (χ0v) is 13.2. The van der Waals surface area contributed by atoms with Gasteiger partial charge >= 0.3 is 0 Å². The third-order valence-corrected chi connectivity index (χ3v) is 4.30. The Balaban J connectivity index is 1.82. The predicted molar refractivity (Wildman–Crippen MR) is 89.3 cm³/mol. The zero-order chi connectivity index (χ0) is 15.8. The van der Waals surface area contributed by atoms with E-state index in [1.165, 1.54) is 11.8 Å². The van der Waals surface area contributed by atoms with Crippen molar-refractivity contribution in [1.29, 1.82) is 0 Å². The quantitative estimate of drug-likeness (QED) is 0.760. The molecule has 0 saturated carbocycles. The fraction of sp³-hybridized carbons (Fsp3) is 0.235. The second-order valence-corrected chi connectivity index (χ2v) is 5.80. The van der Waals surface area contributed by atoms with Gasteiger partial charge in [0.25, 0.3) is 0 Å². The smallest absolute Gasteiger partial charge is 0.235 e. The summed E-state index contributed by atoms with van der Waals surface area (Å²) in [5.74, 6) is 1.91. The van der Waals surface area contributed by atoms with Gasteiger partial charge in [0.15, 0.2) is 0 Å². The number of thioether (sulfide) groups is 1. The number of carbonyl (C=O) groups is 1. The molecule has 116 valence electrons. The molecular weight excluding hydrogens is 298 g/mol. The van der Waals surface area contributed by atoms with E-state index in [0.717, 1.165) is 17.1 Å². The van der Waals surface area contributed by atoms with Crippen LogP contribution in [-0.4, -0.2) is 25.4 Å². The number of rotatable bonds is 8. The van der Waals surface area contributed by atoms with Crippen molar-refractivity contribution in [1.82, 2.24) is 0 Å². The van der Waals surface area contributed by atoms with E-state index in [4.69, 9.17) is 15.2 Å². The van der Waals surface area contributed by atoms with Gasteiger partial charge in [-0.15, -0.1) is 11.8 Å². The fourth-order valence-corrected chi connectivity index (χ4v) is 2.90. The first-order chi connectivity index (χ1) is 10.7. The van der Waals surface area contributed by atoms with Crippen LogP contribution >= 0.6 is 11.8 Å². The van der Waals surface area contributed by atoms with Crippen LogP contribution in [0.5, 0.6) is 11.5 Å². The molecule has 0 spiro atoms. The lowest BCUT2D eigenvalue weighted by molar-refractivity contribution is -0.117. The Hall–Kier alpha value is -2.14. The minimum absolute atomic E-state index is 0.333. The number of carbonyl (C=O) groups excluding carboxylic acids is 1. The molecule has 2 aromatic rings. The van der Waals surface area contributed by atoms with Gasteiger partial charge in [-0.1, -0.05) is 30.3 Å². The monoisotopic (exact) mass is 317 g/mol. The van der Waals surface area contributed by atoms with Crippen molar-refractivity contribution >= 4 is 17.7 Å². The van der Waals surface area contributed by atoms with Crippen LogP contribution < -0.4 is 15.2 Å². The third kappa shape index (κ3) is 4.70. The molecule has 2 rings (SSSR count). The number of hydrogen-bond acceptors (Lipinski definition) is 4. The summed E-state index contributed by atoms with van der Waals surface area (Å²) in [4.78, 5) is 11.6.